The van der Waals surface area contributed by atoms with E-state index in [9.17, 15) is 13.5 Å². The summed E-state index contributed by atoms with van der Waals surface area (Å²) in [4.78, 5) is 4.49. The highest BCUT2D eigenvalue weighted by molar-refractivity contribution is 7.90. The number of aliphatic hydroxyl groups is 1. The topological polar surface area (TPSA) is 94.5 Å². The molecular formula is C22H27ClN4O4S. The van der Waals surface area contributed by atoms with Crippen LogP contribution in [0, 0.1) is 0 Å². The average molecular weight is 479 g/mol. The van der Waals surface area contributed by atoms with Gasteiger partial charge in [-0.25, -0.2) is 0 Å². The summed E-state index contributed by atoms with van der Waals surface area (Å²) < 4.78 is 34.7. The summed E-state index contributed by atoms with van der Waals surface area (Å²) >= 11 is 5.94. The summed E-state index contributed by atoms with van der Waals surface area (Å²) in [5.41, 5.74) is 0.498. The summed E-state index contributed by atoms with van der Waals surface area (Å²) in [6, 6.07) is 14.2. The number of anilines is 1. The SMILES string of the molecule is O=S1(=O)N=C(CN2CCCN(CC(O)COc3ccccc3)CC2)Nc2ccc(Cl)cc21. The quantitative estimate of drug-likeness (QED) is 0.630. The van der Waals surface area contributed by atoms with Crippen LogP contribution in [0.5, 0.6) is 5.75 Å². The van der Waals surface area contributed by atoms with E-state index >= 15 is 0 Å². The molecule has 0 aliphatic carbocycles. The van der Waals surface area contributed by atoms with Crippen molar-refractivity contribution in [3.63, 3.8) is 0 Å². The van der Waals surface area contributed by atoms with Crippen molar-refractivity contribution < 1.29 is 18.3 Å². The van der Waals surface area contributed by atoms with Gasteiger partial charge in [-0.05, 0) is 49.8 Å². The van der Waals surface area contributed by atoms with Gasteiger partial charge in [0, 0.05) is 24.7 Å². The molecule has 2 N–H and O–H groups in total. The van der Waals surface area contributed by atoms with Gasteiger partial charge in [-0.3, -0.25) is 9.80 Å². The molecule has 1 saturated heterocycles. The number of para-hydroxylation sites is 1. The fourth-order valence-corrected chi connectivity index (χ4v) is 5.29. The fraction of sp³-hybridized carbons (Fsp3) is 0.409. The first kappa shape index (κ1) is 23.0. The lowest BCUT2D eigenvalue weighted by molar-refractivity contribution is 0.0695. The molecule has 8 nitrogen and oxygen atoms in total. The second-order valence-corrected chi connectivity index (χ2v) is 10.00. The van der Waals surface area contributed by atoms with Crippen LogP contribution in [0.4, 0.5) is 5.69 Å². The van der Waals surface area contributed by atoms with Gasteiger partial charge in [0.05, 0.1) is 12.2 Å². The molecule has 2 heterocycles. The molecule has 0 amide bonds. The number of halogens is 1. The molecule has 1 atom stereocenters. The van der Waals surface area contributed by atoms with Crippen LogP contribution in [0.2, 0.25) is 5.02 Å². The molecule has 2 aliphatic heterocycles. The normalized spacial score (nSPS) is 19.9. The third kappa shape index (κ3) is 5.99. The zero-order chi connectivity index (χ0) is 22.6. The molecule has 10 heteroatoms. The minimum Gasteiger partial charge on any atom is -0.491 e. The predicted octanol–water partition coefficient (Wildman–Crippen LogP) is 2.30. The lowest BCUT2D eigenvalue weighted by Gasteiger charge is -2.25. The number of sulfonamides is 1. The molecule has 2 aromatic rings. The number of β-amino-alcohol motifs (C(OH)–C–C–N with tert-alkyl or cyclic N) is 1. The van der Waals surface area contributed by atoms with Crippen LogP contribution >= 0.6 is 11.6 Å². The van der Waals surface area contributed by atoms with E-state index in [1.54, 1.807) is 12.1 Å². The summed E-state index contributed by atoms with van der Waals surface area (Å²) in [6.07, 6.45) is 0.331. The van der Waals surface area contributed by atoms with Crippen molar-refractivity contribution in [2.75, 3.05) is 51.2 Å². The number of hydrogen-bond donors (Lipinski definition) is 2. The number of benzene rings is 2. The van der Waals surface area contributed by atoms with Gasteiger partial charge < -0.3 is 15.2 Å². The minimum absolute atomic E-state index is 0.0995. The Morgan fingerprint density at radius 2 is 1.84 bits per heavy atom. The highest BCUT2D eigenvalue weighted by Gasteiger charge is 2.27. The van der Waals surface area contributed by atoms with Gasteiger partial charge in [-0.1, -0.05) is 29.8 Å². The van der Waals surface area contributed by atoms with Crippen LogP contribution in [-0.2, 0) is 10.0 Å². The number of fused-ring (bicyclic) bond motifs is 1. The van der Waals surface area contributed by atoms with Crippen molar-refractivity contribution >= 4 is 33.1 Å². The number of hydrogen-bond acceptors (Lipinski definition) is 7. The summed E-state index contributed by atoms with van der Waals surface area (Å²) in [7, 11) is -3.77. The van der Waals surface area contributed by atoms with Crippen molar-refractivity contribution in [3.05, 3.63) is 53.6 Å². The molecular weight excluding hydrogens is 452 g/mol. The van der Waals surface area contributed by atoms with Gasteiger partial charge in [-0.2, -0.15) is 8.42 Å². The highest BCUT2D eigenvalue weighted by atomic mass is 35.5. The predicted molar refractivity (Wildman–Crippen MR) is 125 cm³/mol. The van der Waals surface area contributed by atoms with Crippen LogP contribution in [0.3, 0.4) is 0 Å². The van der Waals surface area contributed by atoms with Crippen LogP contribution in [-0.4, -0.2) is 81.1 Å². The lowest BCUT2D eigenvalue weighted by atomic mass is 10.3. The van der Waals surface area contributed by atoms with Gasteiger partial charge in [0.25, 0.3) is 10.0 Å². The molecule has 4 rings (SSSR count). The Labute approximate surface area is 193 Å². The van der Waals surface area contributed by atoms with Crippen molar-refractivity contribution in [1.29, 1.82) is 0 Å². The number of aliphatic hydroxyl groups excluding tert-OH is 1. The lowest BCUT2D eigenvalue weighted by Crippen LogP contribution is -2.40. The van der Waals surface area contributed by atoms with E-state index in [4.69, 9.17) is 16.3 Å². The van der Waals surface area contributed by atoms with E-state index in [0.717, 1.165) is 38.3 Å². The number of amidine groups is 1. The standard InChI is InChI=1S/C22H27ClN4O4S/c23-17-7-8-20-21(13-17)32(29,30)25-22(24-20)15-27-10-4-9-26(11-12-27)14-18(28)16-31-19-5-2-1-3-6-19/h1-3,5-8,13,18,28H,4,9-12,14-16H2,(H,24,25). The maximum atomic E-state index is 12.5. The molecule has 0 radical (unpaired) electrons. The minimum atomic E-state index is -3.77. The third-order valence-corrected chi connectivity index (χ3v) is 7.03. The maximum absolute atomic E-state index is 12.5. The van der Waals surface area contributed by atoms with Crippen molar-refractivity contribution in [2.45, 2.75) is 17.4 Å². The van der Waals surface area contributed by atoms with Gasteiger partial charge >= 0.3 is 0 Å². The van der Waals surface area contributed by atoms with Crippen LogP contribution < -0.4 is 10.1 Å². The smallest absolute Gasteiger partial charge is 0.286 e. The Morgan fingerprint density at radius 3 is 2.66 bits per heavy atom. The van der Waals surface area contributed by atoms with Crippen LogP contribution in [0.25, 0.3) is 0 Å². The zero-order valence-electron chi connectivity index (χ0n) is 17.7. The molecule has 1 unspecified atom stereocenters. The number of nitrogens with zero attached hydrogens (tertiary/aromatic N) is 3. The zero-order valence-corrected chi connectivity index (χ0v) is 19.2. The van der Waals surface area contributed by atoms with Gasteiger partial charge in [-0.15, -0.1) is 4.40 Å². The van der Waals surface area contributed by atoms with Crippen molar-refractivity contribution in [1.82, 2.24) is 9.80 Å². The molecule has 2 aromatic carbocycles. The van der Waals surface area contributed by atoms with Gasteiger partial charge in [0.15, 0.2) is 0 Å². The Hall–Kier alpha value is -2.17. The second-order valence-electron chi connectivity index (χ2n) is 7.99. The first-order valence-corrected chi connectivity index (χ1v) is 12.4. The van der Waals surface area contributed by atoms with Crippen molar-refractivity contribution in [3.8, 4) is 5.75 Å². The summed E-state index contributed by atoms with van der Waals surface area (Å²) in [5.74, 6) is 1.15. The fourth-order valence-electron chi connectivity index (χ4n) is 3.89. The Bertz CT molecular complexity index is 1060. The van der Waals surface area contributed by atoms with Crippen LogP contribution in [0.15, 0.2) is 57.8 Å². The number of rotatable bonds is 7. The molecule has 0 aromatic heterocycles. The highest BCUT2D eigenvalue weighted by Crippen LogP contribution is 2.30. The van der Waals surface area contributed by atoms with Gasteiger partial charge in [0.2, 0.25) is 0 Å². The molecule has 172 valence electrons. The molecule has 0 saturated carbocycles. The third-order valence-electron chi connectivity index (χ3n) is 5.44. The van der Waals surface area contributed by atoms with Gasteiger partial charge in [0.1, 0.15) is 29.2 Å². The van der Waals surface area contributed by atoms with E-state index in [-0.39, 0.29) is 11.5 Å². The second kappa shape index (κ2) is 10.2. The number of nitrogens with one attached hydrogen (secondary N) is 1. The first-order valence-electron chi connectivity index (χ1n) is 10.6. The molecule has 1 fully saturated rings. The molecule has 2 aliphatic rings. The Kier molecular flexibility index (Phi) is 7.32. The Morgan fingerprint density at radius 1 is 1.09 bits per heavy atom. The van der Waals surface area contributed by atoms with E-state index in [0.29, 0.717) is 29.6 Å². The first-order chi connectivity index (χ1) is 15.4. The largest absolute Gasteiger partial charge is 0.491 e. The van der Waals surface area contributed by atoms with E-state index in [1.165, 1.54) is 6.07 Å². The summed E-state index contributed by atoms with van der Waals surface area (Å²) in [5, 5.41) is 13.8. The Balaban J connectivity index is 1.28. The van der Waals surface area contributed by atoms with E-state index in [1.807, 2.05) is 30.3 Å². The monoisotopic (exact) mass is 478 g/mol. The van der Waals surface area contributed by atoms with E-state index < -0.39 is 16.1 Å². The van der Waals surface area contributed by atoms with Crippen molar-refractivity contribution in [2.24, 2.45) is 4.40 Å². The molecule has 32 heavy (non-hydrogen) atoms. The molecule has 0 bridgehead atoms. The van der Waals surface area contributed by atoms with Crippen LogP contribution in [0.1, 0.15) is 6.42 Å². The maximum Gasteiger partial charge on any atom is 0.286 e. The average Bonchev–Trinajstić information content (AvgIpc) is 2.98. The molecule has 0 spiro atoms. The summed E-state index contributed by atoms with van der Waals surface area (Å²) in [6.45, 7) is 4.39. The van der Waals surface area contributed by atoms with E-state index in [2.05, 4.69) is 19.5 Å². The number of ether oxygens (including phenoxy) is 1.